The molecule has 0 radical (unpaired) electrons. The molecule has 3 heteroatoms. The van der Waals surface area contributed by atoms with Gasteiger partial charge < -0.3 is 4.98 Å². The summed E-state index contributed by atoms with van der Waals surface area (Å²) in [5.74, 6) is 0. The average molecular weight is 237 g/mol. The van der Waals surface area contributed by atoms with Crippen molar-refractivity contribution >= 4 is 15.9 Å². The quantitative estimate of drug-likeness (QED) is 0.810. The van der Waals surface area contributed by atoms with E-state index in [0.717, 1.165) is 10.2 Å². The van der Waals surface area contributed by atoms with Gasteiger partial charge in [-0.1, -0.05) is 22.0 Å². The first kappa shape index (κ1) is 8.51. The summed E-state index contributed by atoms with van der Waals surface area (Å²) in [4.78, 5) is 7.09. The highest BCUT2D eigenvalue weighted by molar-refractivity contribution is 9.10. The number of aryl methyl sites for hydroxylation is 1. The predicted octanol–water partition coefficient (Wildman–Crippen LogP) is 3.15. The van der Waals surface area contributed by atoms with E-state index in [2.05, 4.69) is 45.0 Å². The van der Waals surface area contributed by atoms with Crippen molar-refractivity contribution < 1.29 is 0 Å². The van der Waals surface area contributed by atoms with E-state index in [9.17, 15) is 0 Å². The molecule has 2 rings (SSSR count). The zero-order valence-electron chi connectivity index (χ0n) is 7.21. The maximum absolute atomic E-state index is 4.00. The van der Waals surface area contributed by atoms with E-state index in [0.29, 0.717) is 0 Å². The molecule has 0 aliphatic rings. The van der Waals surface area contributed by atoms with Crippen molar-refractivity contribution in [1.82, 2.24) is 9.97 Å². The molecule has 0 saturated carbocycles. The van der Waals surface area contributed by atoms with Crippen LogP contribution >= 0.6 is 15.9 Å². The molecule has 2 nitrogen and oxygen atoms in total. The normalized spacial score (nSPS) is 10.3. The molecule has 0 aliphatic carbocycles. The third-order valence-corrected chi connectivity index (χ3v) is 2.48. The maximum atomic E-state index is 4.00. The van der Waals surface area contributed by atoms with Crippen molar-refractivity contribution in [2.45, 2.75) is 6.92 Å². The molecule has 1 aromatic carbocycles. The summed E-state index contributed by atoms with van der Waals surface area (Å²) in [5.41, 5.74) is 3.48. The van der Waals surface area contributed by atoms with Crippen LogP contribution in [0.2, 0.25) is 0 Å². The molecular formula is C10H9BrN2. The van der Waals surface area contributed by atoms with Gasteiger partial charge >= 0.3 is 0 Å². The maximum Gasteiger partial charge on any atom is 0.0924 e. The molecule has 0 bridgehead atoms. The summed E-state index contributed by atoms with van der Waals surface area (Å²) in [6.45, 7) is 2.09. The van der Waals surface area contributed by atoms with Crippen LogP contribution in [0.25, 0.3) is 11.3 Å². The van der Waals surface area contributed by atoms with Crippen LogP contribution in [0.3, 0.4) is 0 Å². The number of hydrogen-bond donors (Lipinski definition) is 1. The third-order valence-electron chi connectivity index (χ3n) is 1.99. The highest BCUT2D eigenvalue weighted by Crippen LogP contribution is 2.24. The Balaban J connectivity index is 2.57. The second-order valence-corrected chi connectivity index (χ2v) is 3.84. The zero-order valence-corrected chi connectivity index (χ0v) is 8.80. The van der Waals surface area contributed by atoms with E-state index in [-0.39, 0.29) is 0 Å². The Kier molecular flexibility index (Phi) is 2.19. The predicted molar refractivity (Wildman–Crippen MR) is 56.5 cm³/mol. The molecule has 0 amide bonds. The summed E-state index contributed by atoms with van der Waals surface area (Å²) < 4.78 is 1.09. The van der Waals surface area contributed by atoms with Gasteiger partial charge in [0.15, 0.2) is 0 Å². The molecule has 0 fully saturated rings. The smallest absolute Gasteiger partial charge is 0.0924 e. The summed E-state index contributed by atoms with van der Waals surface area (Å²) in [7, 11) is 0. The number of aromatic amines is 1. The summed E-state index contributed by atoms with van der Waals surface area (Å²) in [6, 6.07) is 6.21. The Labute approximate surface area is 85.1 Å². The number of nitrogens with one attached hydrogen (secondary N) is 1. The fraction of sp³-hybridized carbons (Fsp3) is 0.100. The number of H-pyrrole nitrogens is 1. The molecule has 0 spiro atoms. The molecule has 2 aromatic rings. The molecule has 1 heterocycles. The van der Waals surface area contributed by atoms with Crippen molar-refractivity contribution in [2.24, 2.45) is 0 Å². The number of nitrogens with zero attached hydrogens (tertiary/aromatic N) is 1. The van der Waals surface area contributed by atoms with E-state index >= 15 is 0 Å². The van der Waals surface area contributed by atoms with Crippen LogP contribution in [-0.4, -0.2) is 9.97 Å². The van der Waals surface area contributed by atoms with Crippen molar-refractivity contribution in [1.29, 1.82) is 0 Å². The summed E-state index contributed by atoms with van der Waals surface area (Å²) in [5, 5.41) is 0. The van der Waals surface area contributed by atoms with Gasteiger partial charge in [0.2, 0.25) is 0 Å². The molecule has 0 unspecified atom stereocenters. The fourth-order valence-electron chi connectivity index (χ4n) is 1.29. The van der Waals surface area contributed by atoms with Gasteiger partial charge in [0.1, 0.15) is 0 Å². The Bertz CT molecular complexity index is 407. The van der Waals surface area contributed by atoms with Gasteiger partial charge in [-0.25, -0.2) is 4.98 Å². The second kappa shape index (κ2) is 3.34. The molecule has 1 N–H and O–H groups in total. The Morgan fingerprint density at radius 3 is 2.92 bits per heavy atom. The molecule has 0 atom stereocenters. The molecular weight excluding hydrogens is 228 g/mol. The van der Waals surface area contributed by atoms with Gasteiger partial charge in [0.25, 0.3) is 0 Å². The topological polar surface area (TPSA) is 28.7 Å². The van der Waals surface area contributed by atoms with Crippen LogP contribution in [0.5, 0.6) is 0 Å². The number of hydrogen-bond acceptors (Lipinski definition) is 1. The fourth-order valence-corrected chi connectivity index (χ4v) is 1.65. The van der Waals surface area contributed by atoms with Crippen LogP contribution in [0.4, 0.5) is 0 Å². The van der Waals surface area contributed by atoms with Crippen molar-refractivity contribution in [3.63, 3.8) is 0 Å². The van der Waals surface area contributed by atoms with E-state index in [1.165, 1.54) is 11.1 Å². The van der Waals surface area contributed by atoms with Gasteiger partial charge in [-0.15, -0.1) is 0 Å². The largest absolute Gasteiger partial charge is 0.345 e. The van der Waals surface area contributed by atoms with Crippen LogP contribution in [0.15, 0.2) is 35.2 Å². The van der Waals surface area contributed by atoms with Crippen molar-refractivity contribution in [3.8, 4) is 11.3 Å². The van der Waals surface area contributed by atoms with Crippen LogP contribution < -0.4 is 0 Å². The molecule has 66 valence electrons. The first-order valence-electron chi connectivity index (χ1n) is 4.02. The molecule has 0 aliphatic heterocycles. The first-order chi connectivity index (χ1) is 6.27. The van der Waals surface area contributed by atoms with Crippen LogP contribution in [0, 0.1) is 6.92 Å². The molecule has 1 aromatic heterocycles. The van der Waals surface area contributed by atoms with E-state index in [1.807, 2.05) is 12.3 Å². The van der Waals surface area contributed by atoms with Gasteiger partial charge in [0, 0.05) is 10.0 Å². The van der Waals surface area contributed by atoms with Gasteiger partial charge in [-0.05, 0) is 24.6 Å². The van der Waals surface area contributed by atoms with E-state index in [4.69, 9.17) is 0 Å². The van der Waals surface area contributed by atoms with Gasteiger partial charge in [-0.2, -0.15) is 0 Å². The molecule has 0 saturated heterocycles. The number of benzene rings is 1. The minimum absolute atomic E-state index is 1.05. The minimum atomic E-state index is 1.05. The Hall–Kier alpha value is -1.09. The zero-order chi connectivity index (χ0) is 9.26. The number of aromatic nitrogens is 2. The lowest BCUT2D eigenvalue weighted by atomic mass is 10.1. The lowest BCUT2D eigenvalue weighted by molar-refractivity contribution is 1.31. The SMILES string of the molecule is Cc1ccc(Br)cc1-c1cnc[nH]1. The van der Waals surface area contributed by atoms with E-state index < -0.39 is 0 Å². The second-order valence-electron chi connectivity index (χ2n) is 2.92. The summed E-state index contributed by atoms with van der Waals surface area (Å²) >= 11 is 3.45. The number of halogens is 1. The minimum Gasteiger partial charge on any atom is -0.345 e. The first-order valence-corrected chi connectivity index (χ1v) is 4.81. The lowest BCUT2D eigenvalue weighted by Crippen LogP contribution is -1.82. The third kappa shape index (κ3) is 1.65. The van der Waals surface area contributed by atoms with E-state index in [1.54, 1.807) is 6.33 Å². The van der Waals surface area contributed by atoms with Crippen LogP contribution in [0.1, 0.15) is 5.56 Å². The molecule has 13 heavy (non-hydrogen) atoms. The van der Waals surface area contributed by atoms with Gasteiger partial charge in [-0.3, -0.25) is 0 Å². The Morgan fingerprint density at radius 1 is 1.38 bits per heavy atom. The van der Waals surface area contributed by atoms with Crippen molar-refractivity contribution in [2.75, 3.05) is 0 Å². The van der Waals surface area contributed by atoms with Gasteiger partial charge in [0.05, 0.1) is 18.2 Å². The number of imidazole rings is 1. The monoisotopic (exact) mass is 236 g/mol. The summed E-state index contributed by atoms with van der Waals surface area (Å²) in [6.07, 6.45) is 3.52. The standard InChI is InChI=1S/C10H9BrN2/c1-7-2-3-8(11)4-9(7)10-5-12-6-13-10/h2-6H,1H3,(H,12,13). The Morgan fingerprint density at radius 2 is 2.23 bits per heavy atom. The van der Waals surface area contributed by atoms with Crippen LogP contribution in [-0.2, 0) is 0 Å². The average Bonchev–Trinajstić information content (AvgIpc) is 2.61. The highest BCUT2D eigenvalue weighted by Gasteiger charge is 2.02. The lowest BCUT2D eigenvalue weighted by Gasteiger charge is -2.02. The number of rotatable bonds is 1. The highest BCUT2D eigenvalue weighted by atomic mass is 79.9. The van der Waals surface area contributed by atoms with Crippen molar-refractivity contribution in [3.05, 3.63) is 40.8 Å².